The predicted octanol–water partition coefficient (Wildman–Crippen LogP) is 2.53. The quantitative estimate of drug-likeness (QED) is 0.804. The number of hydrogen-bond acceptors (Lipinski definition) is 3. The van der Waals surface area contributed by atoms with Crippen LogP contribution in [0, 0.1) is 3.57 Å². The molecule has 0 fully saturated rings. The summed E-state index contributed by atoms with van der Waals surface area (Å²) in [5.41, 5.74) is 0. The van der Waals surface area contributed by atoms with Crippen molar-refractivity contribution in [1.29, 1.82) is 0 Å². The number of carbonyl (C=O) groups is 1. The molecule has 0 spiro atoms. The molecule has 0 N–H and O–H groups in total. The van der Waals surface area contributed by atoms with Gasteiger partial charge in [-0.05, 0) is 42.5 Å². The van der Waals surface area contributed by atoms with E-state index in [1.54, 1.807) is 17.2 Å². The molecule has 0 aliphatic heterocycles. The van der Waals surface area contributed by atoms with Crippen LogP contribution in [-0.2, 0) is 0 Å². The third-order valence-electron chi connectivity index (χ3n) is 1.91. The molecular formula is C10H13IN2O2. The first-order chi connectivity index (χ1) is 7.17. The van der Waals surface area contributed by atoms with Gasteiger partial charge in [0.1, 0.15) is 0 Å². The fourth-order valence-electron chi connectivity index (χ4n) is 1.08. The van der Waals surface area contributed by atoms with Gasteiger partial charge in [-0.1, -0.05) is 0 Å². The number of nitrogens with zero attached hydrogens (tertiary/aromatic N) is 2. The molecule has 1 aromatic rings. The molecule has 15 heavy (non-hydrogen) atoms. The summed E-state index contributed by atoms with van der Waals surface area (Å²) in [7, 11) is 0. The molecule has 0 aromatic carbocycles. The molecule has 5 heteroatoms. The van der Waals surface area contributed by atoms with E-state index in [0.29, 0.717) is 19.0 Å². The number of ether oxygens (including phenoxy) is 1. The second-order valence-corrected chi connectivity index (χ2v) is 4.10. The van der Waals surface area contributed by atoms with Crippen molar-refractivity contribution in [2.75, 3.05) is 13.1 Å². The van der Waals surface area contributed by atoms with Crippen LogP contribution in [0.15, 0.2) is 18.3 Å². The number of pyridine rings is 1. The number of aromatic nitrogens is 1. The van der Waals surface area contributed by atoms with Crippen LogP contribution in [0.2, 0.25) is 0 Å². The second-order valence-electron chi connectivity index (χ2n) is 2.85. The van der Waals surface area contributed by atoms with E-state index in [-0.39, 0.29) is 6.09 Å². The number of halogens is 1. The molecule has 0 saturated heterocycles. The summed E-state index contributed by atoms with van der Waals surface area (Å²) in [6.07, 6.45) is 1.27. The SMILES string of the molecule is CCN(CC)C(=O)Oc1cc(I)ccn1. The summed E-state index contributed by atoms with van der Waals surface area (Å²) in [6.45, 7) is 5.10. The lowest BCUT2D eigenvalue weighted by molar-refractivity contribution is 0.155. The predicted molar refractivity (Wildman–Crippen MR) is 65.9 cm³/mol. The van der Waals surface area contributed by atoms with Gasteiger partial charge in [0.05, 0.1) is 0 Å². The first-order valence-corrected chi connectivity index (χ1v) is 5.83. The van der Waals surface area contributed by atoms with Gasteiger partial charge < -0.3 is 9.64 Å². The molecule has 0 bridgehead atoms. The van der Waals surface area contributed by atoms with Crippen molar-refractivity contribution in [2.45, 2.75) is 13.8 Å². The summed E-state index contributed by atoms with van der Waals surface area (Å²) in [4.78, 5) is 17.1. The van der Waals surface area contributed by atoms with E-state index in [2.05, 4.69) is 27.6 Å². The van der Waals surface area contributed by atoms with Crippen molar-refractivity contribution in [3.8, 4) is 5.88 Å². The Morgan fingerprint density at radius 1 is 1.53 bits per heavy atom. The van der Waals surface area contributed by atoms with E-state index < -0.39 is 0 Å². The second kappa shape index (κ2) is 5.89. The number of carbonyl (C=O) groups excluding carboxylic acids is 1. The molecule has 82 valence electrons. The van der Waals surface area contributed by atoms with Gasteiger partial charge in [0.15, 0.2) is 0 Å². The van der Waals surface area contributed by atoms with Crippen LogP contribution in [0.25, 0.3) is 0 Å². The lowest BCUT2D eigenvalue weighted by Gasteiger charge is -2.17. The van der Waals surface area contributed by atoms with Crippen molar-refractivity contribution in [1.82, 2.24) is 9.88 Å². The zero-order chi connectivity index (χ0) is 11.3. The Bertz CT molecular complexity index is 340. The van der Waals surface area contributed by atoms with Crippen LogP contribution in [0.1, 0.15) is 13.8 Å². The van der Waals surface area contributed by atoms with Crippen molar-refractivity contribution >= 4 is 28.7 Å². The molecule has 0 aliphatic carbocycles. The van der Waals surface area contributed by atoms with Crippen LogP contribution < -0.4 is 4.74 Å². The molecule has 0 aliphatic rings. The minimum absolute atomic E-state index is 0.346. The maximum absolute atomic E-state index is 11.5. The molecule has 1 heterocycles. The Morgan fingerprint density at radius 2 is 2.20 bits per heavy atom. The molecule has 1 aromatic heterocycles. The van der Waals surface area contributed by atoms with Gasteiger partial charge in [-0.2, -0.15) is 0 Å². The van der Waals surface area contributed by atoms with Crippen molar-refractivity contribution in [2.24, 2.45) is 0 Å². The van der Waals surface area contributed by atoms with Crippen LogP contribution in [-0.4, -0.2) is 29.1 Å². The van der Waals surface area contributed by atoms with Gasteiger partial charge in [0.25, 0.3) is 0 Å². The maximum atomic E-state index is 11.5. The van der Waals surface area contributed by atoms with Gasteiger partial charge in [-0.25, -0.2) is 9.78 Å². The minimum Gasteiger partial charge on any atom is -0.391 e. The zero-order valence-corrected chi connectivity index (χ0v) is 10.9. The fraction of sp³-hybridized carbons (Fsp3) is 0.400. The highest BCUT2D eigenvalue weighted by atomic mass is 127. The molecular weight excluding hydrogens is 307 g/mol. The van der Waals surface area contributed by atoms with Crippen molar-refractivity contribution in [3.05, 3.63) is 21.9 Å². The lowest BCUT2D eigenvalue weighted by atomic mass is 10.5. The number of amides is 1. The first kappa shape index (κ1) is 12.2. The number of hydrogen-bond donors (Lipinski definition) is 0. The summed E-state index contributed by atoms with van der Waals surface area (Å²) < 4.78 is 6.10. The Labute approximate surface area is 103 Å². The average Bonchev–Trinajstić information content (AvgIpc) is 2.19. The monoisotopic (exact) mass is 320 g/mol. The molecule has 1 rings (SSSR count). The normalized spacial score (nSPS) is 9.80. The molecule has 0 radical (unpaired) electrons. The van der Waals surface area contributed by atoms with E-state index in [9.17, 15) is 4.79 Å². The highest BCUT2D eigenvalue weighted by Gasteiger charge is 2.12. The van der Waals surface area contributed by atoms with Gasteiger partial charge in [-0.3, -0.25) is 0 Å². The fourth-order valence-corrected chi connectivity index (χ4v) is 1.50. The Morgan fingerprint density at radius 3 is 2.73 bits per heavy atom. The van der Waals surface area contributed by atoms with Gasteiger partial charge in [0.2, 0.25) is 5.88 Å². The van der Waals surface area contributed by atoms with Crippen LogP contribution >= 0.6 is 22.6 Å². The van der Waals surface area contributed by atoms with Crippen molar-refractivity contribution in [3.63, 3.8) is 0 Å². The van der Waals surface area contributed by atoms with Crippen LogP contribution in [0.4, 0.5) is 4.79 Å². The third kappa shape index (κ3) is 3.65. The Balaban J connectivity index is 2.65. The van der Waals surface area contributed by atoms with Gasteiger partial charge in [0, 0.05) is 28.9 Å². The molecule has 0 unspecified atom stereocenters. The van der Waals surface area contributed by atoms with E-state index >= 15 is 0 Å². The maximum Gasteiger partial charge on any atom is 0.416 e. The van der Waals surface area contributed by atoms with Crippen LogP contribution in [0.3, 0.4) is 0 Å². The molecule has 1 amide bonds. The summed E-state index contributed by atoms with van der Waals surface area (Å²) in [5.74, 6) is 0.346. The summed E-state index contributed by atoms with van der Waals surface area (Å²) in [5, 5.41) is 0. The Kier molecular flexibility index (Phi) is 4.80. The van der Waals surface area contributed by atoms with E-state index in [1.165, 1.54) is 0 Å². The van der Waals surface area contributed by atoms with Gasteiger partial charge >= 0.3 is 6.09 Å². The number of rotatable bonds is 3. The smallest absolute Gasteiger partial charge is 0.391 e. The highest BCUT2D eigenvalue weighted by molar-refractivity contribution is 14.1. The van der Waals surface area contributed by atoms with E-state index in [4.69, 9.17) is 4.74 Å². The Hall–Kier alpha value is -0.850. The highest BCUT2D eigenvalue weighted by Crippen LogP contribution is 2.12. The van der Waals surface area contributed by atoms with Gasteiger partial charge in [-0.15, -0.1) is 0 Å². The topological polar surface area (TPSA) is 42.4 Å². The van der Waals surface area contributed by atoms with E-state index in [0.717, 1.165) is 3.57 Å². The molecule has 4 nitrogen and oxygen atoms in total. The molecule has 0 saturated carbocycles. The van der Waals surface area contributed by atoms with Crippen molar-refractivity contribution < 1.29 is 9.53 Å². The standard InChI is InChI=1S/C10H13IN2O2/c1-3-13(4-2)10(14)15-9-7-8(11)5-6-12-9/h5-7H,3-4H2,1-2H3. The van der Waals surface area contributed by atoms with E-state index in [1.807, 2.05) is 19.9 Å². The third-order valence-corrected chi connectivity index (χ3v) is 2.58. The lowest BCUT2D eigenvalue weighted by Crippen LogP contribution is -2.33. The van der Waals surface area contributed by atoms with Crippen LogP contribution in [0.5, 0.6) is 5.88 Å². The summed E-state index contributed by atoms with van der Waals surface area (Å²) in [6, 6.07) is 3.57. The minimum atomic E-state index is -0.352. The molecule has 0 atom stereocenters. The average molecular weight is 320 g/mol. The zero-order valence-electron chi connectivity index (χ0n) is 8.74. The largest absolute Gasteiger partial charge is 0.416 e. The summed E-state index contributed by atoms with van der Waals surface area (Å²) >= 11 is 2.14. The first-order valence-electron chi connectivity index (χ1n) is 4.75.